The van der Waals surface area contributed by atoms with Crippen molar-refractivity contribution < 1.29 is 9.53 Å². The number of carbonyl (C=O) groups excluding carboxylic acids is 1. The van der Waals surface area contributed by atoms with Gasteiger partial charge in [-0.3, -0.25) is 4.79 Å². The van der Waals surface area contributed by atoms with Gasteiger partial charge >= 0.3 is 0 Å². The van der Waals surface area contributed by atoms with Crippen LogP contribution in [0.2, 0.25) is 0 Å². The minimum atomic E-state index is 0.0392. The van der Waals surface area contributed by atoms with Gasteiger partial charge in [0.1, 0.15) is 0 Å². The van der Waals surface area contributed by atoms with Gasteiger partial charge in [0.05, 0.1) is 12.6 Å². The highest BCUT2D eigenvalue weighted by molar-refractivity contribution is 5.97. The Balaban J connectivity index is 2.07. The molecule has 3 nitrogen and oxygen atoms in total. The highest BCUT2D eigenvalue weighted by Gasteiger charge is 2.35. The number of fused-ring (bicyclic) bond motifs is 3. The van der Waals surface area contributed by atoms with Crippen LogP contribution in [0.4, 0.5) is 0 Å². The average Bonchev–Trinajstić information content (AvgIpc) is 2.30. The fourth-order valence-corrected chi connectivity index (χ4v) is 2.53. The lowest BCUT2D eigenvalue weighted by molar-refractivity contribution is 0.0481. The summed E-state index contributed by atoms with van der Waals surface area (Å²) >= 11 is 0. The molecule has 3 rings (SSSR count). The van der Waals surface area contributed by atoms with Crippen molar-refractivity contribution >= 4 is 5.91 Å². The zero-order valence-electron chi connectivity index (χ0n) is 8.40. The first-order valence-corrected chi connectivity index (χ1v) is 5.34. The molecule has 1 saturated heterocycles. The van der Waals surface area contributed by atoms with Gasteiger partial charge in [0, 0.05) is 18.1 Å². The van der Waals surface area contributed by atoms with E-state index in [1.807, 2.05) is 18.2 Å². The van der Waals surface area contributed by atoms with Gasteiger partial charge in [-0.15, -0.1) is 0 Å². The Kier molecular flexibility index (Phi) is 1.99. The van der Waals surface area contributed by atoms with Crippen molar-refractivity contribution in [2.24, 2.45) is 0 Å². The van der Waals surface area contributed by atoms with Crippen LogP contribution >= 0.6 is 0 Å². The first-order valence-electron chi connectivity index (χ1n) is 5.34. The third kappa shape index (κ3) is 1.35. The van der Waals surface area contributed by atoms with Gasteiger partial charge < -0.3 is 10.1 Å². The van der Waals surface area contributed by atoms with Crippen LogP contribution in [-0.4, -0.2) is 25.2 Å². The van der Waals surface area contributed by atoms with Crippen LogP contribution in [0.25, 0.3) is 0 Å². The van der Waals surface area contributed by atoms with Crippen molar-refractivity contribution in [1.82, 2.24) is 5.32 Å². The molecule has 0 bridgehead atoms. The van der Waals surface area contributed by atoms with Crippen molar-refractivity contribution in [1.29, 1.82) is 0 Å². The molecule has 2 aliphatic heterocycles. The molecular weight excluding hydrogens is 190 g/mol. The van der Waals surface area contributed by atoms with E-state index < -0.39 is 0 Å². The Bertz CT molecular complexity index is 402. The van der Waals surface area contributed by atoms with Crippen LogP contribution in [0.15, 0.2) is 24.3 Å². The SMILES string of the molecule is O=C1NC2COCCC2c2ccccc21. The molecule has 1 amide bonds. The molecule has 2 aliphatic rings. The maximum absolute atomic E-state index is 11.8. The van der Waals surface area contributed by atoms with E-state index in [1.54, 1.807) is 0 Å². The molecule has 1 N–H and O–H groups in total. The molecule has 2 unspecified atom stereocenters. The zero-order valence-corrected chi connectivity index (χ0v) is 8.40. The summed E-state index contributed by atoms with van der Waals surface area (Å²) in [4.78, 5) is 11.8. The van der Waals surface area contributed by atoms with Gasteiger partial charge in [-0.2, -0.15) is 0 Å². The Morgan fingerprint density at radius 3 is 3.13 bits per heavy atom. The second kappa shape index (κ2) is 3.35. The van der Waals surface area contributed by atoms with Gasteiger partial charge in [0.15, 0.2) is 0 Å². The Hall–Kier alpha value is -1.35. The summed E-state index contributed by atoms with van der Waals surface area (Å²) in [5, 5.41) is 3.01. The summed E-state index contributed by atoms with van der Waals surface area (Å²) in [6.45, 7) is 1.44. The largest absolute Gasteiger partial charge is 0.379 e. The number of ether oxygens (including phenoxy) is 1. The van der Waals surface area contributed by atoms with Crippen molar-refractivity contribution in [2.75, 3.05) is 13.2 Å². The molecule has 0 spiro atoms. The monoisotopic (exact) mass is 203 g/mol. The van der Waals surface area contributed by atoms with Gasteiger partial charge in [0.25, 0.3) is 5.91 Å². The molecule has 0 aromatic heterocycles. The Labute approximate surface area is 88.4 Å². The zero-order chi connectivity index (χ0) is 10.3. The fourth-order valence-electron chi connectivity index (χ4n) is 2.53. The minimum Gasteiger partial charge on any atom is -0.379 e. The first kappa shape index (κ1) is 8.92. The molecule has 0 saturated carbocycles. The van der Waals surface area contributed by atoms with E-state index in [2.05, 4.69) is 11.4 Å². The number of hydrogen-bond donors (Lipinski definition) is 1. The molecule has 1 fully saturated rings. The smallest absolute Gasteiger partial charge is 0.251 e. The lowest BCUT2D eigenvalue weighted by Gasteiger charge is -2.37. The second-order valence-corrected chi connectivity index (χ2v) is 4.14. The van der Waals surface area contributed by atoms with E-state index in [0.29, 0.717) is 12.5 Å². The average molecular weight is 203 g/mol. The summed E-state index contributed by atoms with van der Waals surface area (Å²) in [5.74, 6) is 0.477. The van der Waals surface area contributed by atoms with E-state index in [1.165, 1.54) is 5.56 Å². The maximum Gasteiger partial charge on any atom is 0.251 e. The van der Waals surface area contributed by atoms with Gasteiger partial charge in [-0.1, -0.05) is 18.2 Å². The first-order chi connectivity index (χ1) is 7.36. The fraction of sp³-hybridized carbons (Fsp3) is 0.417. The quantitative estimate of drug-likeness (QED) is 0.690. The molecule has 1 aromatic carbocycles. The Morgan fingerprint density at radius 1 is 1.33 bits per heavy atom. The van der Waals surface area contributed by atoms with Crippen molar-refractivity contribution in [3.8, 4) is 0 Å². The lowest BCUT2D eigenvalue weighted by Crippen LogP contribution is -2.49. The molecule has 1 aromatic rings. The topological polar surface area (TPSA) is 38.3 Å². The predicted octanol–water partition coefficient (Wildman–Crippen LogP) is 1.30. The van der Waals surface area contributed by atoms with Crippen molar-refractivity contribution in [2.45, 2.75) is 18.4 Å². The van der Waals surface area contributed by atoms with Crippen LogP contribution in [0.3, 0.4) is 0 Å². The Morgan fingerprint density at radius 2 is 2.20 bits per heavy atom. The summed E-state index contributed by atoms with van der Waals surface area (Å²) in [6.07, 6.45) is 1.00. The highest BCUT2D eigenvalue weighted by atomic mass is 16.5. The number of hydrogen-bond acceptors (Lipinski definition) is 2. The van der Waals surface area contributed by atoms with Crippen molar-refractivity contribution in [3.63, 3.8) is 0 Å². The molecular formula is C12H13NO2. The van der Waals surface area contributed by atoms with Crippen molar-refractivity contribution in [3.05, 3.63) is 35.4 Å². The second-order valence-electron chi connectivity index (χ2n) is 4.14. The molecule has 0 radical (unpaired) electrons. The number of amides is 1. The predicted molar refractivity (Wildman–Crippen MR) is 55.9 cm³/mol. The van der Waals surface area contributed by atoms with Gasteiger partial charge in [0.2, 0.25) is 0 Å². The molecule has 0 aliphatic carbocycles. The minimum absolute atomic E-state index is 0.0392. The molecule has 2 atom stereocenters. The van der Waals surface area contributed by atoms with E-state index in [9.17, 15) is 4.79 Å². The molecule has 78 valence electrons. The van der Waals surface area contributed by atoms with Gasteiger partial charge in [-0.05, 0) is 18.1 Å². The highest BCUT2D eigenvalue weighted by Crippen LogP contribution is 2.33. The van der Waals surface area contributed by atoms with Gasteiger partial charge in [-0.25, -0.2) is 0 Å². The number of nitrogens with one attached hydrogen (secondary N) is 1. The third-order valence-corrected chi connectivity index (χ3v) is 3.28. The number of carbonyl (C=O) groups is 1. The van der Waals surface area contributed by atoms with Crippen LogP contribution in [0, 0.1) is 0 Å². The number of benzene rings is 1. The lowest BCUT2D eigenvalue weighted by atomic mass is 9.82. The van der Waals surface area contributed by atoms with E-state index in [-0.39, 0.29) is 11.9 Å². The van der Waals surface area contributed by atoms with E-state index >= 15 is 0 Å². The summed E-state index contributed by atoms with van der Waals surface area (Å²) < 4.78 is 5.39. The molecule has 3 heteroatoms. The molecule has 2 heterocycles. The van der Waals surface area contributed by atoms with Crippen LogP contribution in [0.1, 0.15) is 28.3 Å². The van der Waals surface area contributed by atoms with E-state index in [4.69, 9.17) is 4.74 Å². The normalized spacial score (nSPS) is 28.9. The standard InChI is InChI=1S/C12H13NO2/c14-12-10-4-2-1-3-8(10)9-5-6-15-7-11(9)13-12/h1-4,9,11H,5-7H2,(H,13,14). The third-order valence-electron chi connectivity index (χ3n) is 3.28. The van der Waals surface area contributed by atoms with Crippen LogP contribution in [-0.2, 0) is 4.74 Å². The number of rotatable bonds is 0. The van der Waals surface area contributed by atoms with Crippen LogP contribution < -0.4 is 5.32 Å². The summed E-state index contributed by atoms with van der Waals surface area (Å²) in [7, 11) is 0. The summed E-state index contributed by atoms with van der Waals surface area (Å²) in [6, 6.07) is 8.05. The molecule has 15 heavy (non-hydrogen) atoms. The maximum atomic E-state index is 11.8. The summed E-state index contributed by atoms with van der Waals surface area (Å²) in [5.41, 5.74) is 2.02. The van der Waals surface area contributed by atoms with E-state index in [0.717, 1.165) is 18.6 Å². The van der Waals surface area contributed by atoms with Crippen LogP contribution in [0.5, 0.6) is 0 Å².